The van der Waals surface area contributed by atoms with Crippen LogP contribution >= 0.6 is 11.8 Å². The molecule has 1 atom stereocenters. The minimum Gasteiger partial charge on any atom is -0.379 e. The van der Waals surface area contributed by atoms with Crippen molar-refractivity contribution in [1.82, 2.24) is 15.1 Å². The van der Waals surface area contributed by atoms with Gasteiger partial charge in [0.15, 0.2) is 5.17 Å². The fourth-order valence-corrected chi connectivity index (χ4v) is 5.06. The van der Waals surface area contributed by atoms with E-state index in [0.29, 0.717) is 36.8 Å². The average Bonchev–Trinajstić information content (AvgIpc) is 3.30. The first kappa shape index (κ1) is 24.9. The van der Waals surface area contributed by atoms with Gasteiger partial charge in [-0.3, -0.25) is 18.9 Å². The van der Waals surface area contributed by atoms with Crippen LogP contribution in [-0.2, 0) is 20.8 Å². The van der Waals surface area contributed by atoms with Crippen LogP contribution in [0.4, 0.5) is 10.1 Å². The number of thioether (sulfide) groups is 1. The minimum absolute atomic E-state index is 0.214. The fraction of sp³-hybridized carbons (Fsp3) is 0.609. The van der Waals surface area contributed by atoms with Gasteiger partial charge in [0, 0.05) is 52.1 Å². The molecule has 0 radical (unpaired) electrons. The number of amides is 2. The van der Waals surface area contributed by atoms with Crippen molar-refractivity contribution in [3.05, 3.63) is 29.3 Å². The lowest BCUT2D eigenvalue weighted by Crippen LogP contribution is -2.53. The van der Waals surface area contributed by atoms with Crippen LogP contribution in [0.5, 0.6) is 0 Å². The molecule has 3 aliphatic rings. The summed E-state index contributed by atoms with van der Waals surface area (Å²) >= 11 is 1.56. The zero-order valence-electron chi connectivity index (χ0n) is 19.4. The Hall–Kier alpha value is -2.21. The summed E-state index contributed by atoms with van der Waals surface area (Å²) in [5.74, 6) is -0.0172. The first-order valence-corrected chi connectivity index (χ1v) is 12.6. The lowest BCUT2D eigenvalue weighted by atomic mass is 10.1. The largest absolute Gasteiger partial charge is 0.379 e. The summed E-state index contributed by atoms with van der Waals surface area (Å²) in [6.07, 6.45) is 0.462. The highest BCUT2D eigenvalue weighted by Gasteiger charge is 2.34. The second-order valence-electron chi connectivity index (χ2n) is 8.56. The number of nitrogens with zero attached hydrogens (tertiary/aromatic N) is 3. The smallest absolute Gasteiger partial charge is 0.253 e. The van der Waals surface area contributed by atoms with Gasteiger partial charge in [0.05, 0.1) is 37.2 Å². The molecule has 0 saturated carbocycles. The first-order chi connectivity index (χ1) is 16.6. The molecule has 0 bridgehead atoms. The quantitative estimate of drug-likeness (QED) is 0.502. The molecule has 1 aromatic carbocycles. The molecule has 0 aromatic heterocycles. The number of anilines is 1. The predicted octanol–water partition coefficient (Wildman–Crippen LogP) is 1.35. The van der Waals surface area contributed by atoms with Crippen LogP contribution in [0.1, 0.15) is 22.3 Å². The zero-order chi connectivity index (χ0) is 23.9. The number of carbonyl (C=O) groups excluding carboxylic acids is 2. The van der Waals surface area contributed by atoms with E-state index < -0.39 is 12.7 Å². The van der Waals surface area contributed by atoms with Crippen molar-refractivity contribution in [2.24, 2.45) is 4.99 Å². The van der Waals surface area contributed by atoms with E-state index in [4.69, 9.17) is 9.47 Å². The number of methoxy groups -OCH3 is 1. The molecule has 11 heteroatoms. The number of morpholine rings is 1. The minimum atomic E-state index is -0.517. The number of ether oxygens (including phenoxy) is 2. The number of benzene rings is 1. The molecule has 34 heavy (non-hydrogen) atoms. The molecule has 1 unspecified atom stereocenters. The van der Waals surface area contributed by atoms with Crippen LogP contribution in [-0.4, -0.2) is 104 Å². The maximum absolute atomic E-state index is 13.0. The number of alkyl halides is 1. The maximum atomic E-state index is 13.0. The summed E-state index contributed by atoms with van der Waals surface area (Å²) in [7, 11) is 1.69. The summed E-state index contributed by atoms with van der Waals surface area (Å²) in [4.78, 5) is 34.8. The molecular formula is C23H32FN5O4S. The molecule has 1 aromatic rings. The molecule has 3 aliphatic heterocycles. The van der Waals surface area contributed by atoms with Gasteiger partial charge in [0.25, 0.3) is 5.91 Å². The maximum Gasteiger partial charge on any atom is 0.253 e. The first-order valence-electron chi connectivity index (χ1n) is 11.6. The van der Waals surface area contributed by atoms with E-state index in [1.54, 1.807) is 31.0 Å². The van der Waals surface area contributed by atoms with E-state index in [-0.39, 0.29) is 30.9 Å². The van der Waals surface area contributed by atoms with E-state index in [9.17, 15) is 14.0 Å². The molecule has 0 aliphatic carbocycles. The van der Waals surface area contributed by atoms with Crippen LogP contribution in [0.15, 0.2) is 23.2 Å². The molecule has 2 fully saturated rings. The van der Waals surface area contributed by atoms with Gasteiger partial charge in [-0.1, -0.05) is 17.8 Å². The summed E-state index contributed by atoms with van der Waals surface area (Å²) in [6, 6.07) is 4.98. The third-order valence-electron chi connectivity index (χ3n) is 6.08. The van der Waals surface area contributed by atoms with Crippen molar-refractivity contribution in [3.8, 4) is 0 Å². The number of rotatable bonds is 9. The van der Waals surface area contributed by atoms with Gasteiger partial charge >= 0.3 is 0 Å². The van der Waals surface area contributed by atoms with Crippen LogP contribution in [0, 0.1) is 0 Å². The van der Waals surface area contributed by atoms with Crippen molar-refractivity contribution in [2.75, 3.05) is 70.8 Å². The molecule has 9 nitrogen and oxygen atoms in total. The van der Waals surface area contributed by atoms with Gasteiger partial charge in [-0.05, 0) is 24.1 Å². The Morgan fingerprint density at radius 2 is 2.09 bits per heavy atom. The number of hydrogen-bond acceptors (Lipinski definition) is 8. The lowest BCUT2D eigenvalue weighted by molar-refractivity contribution is -0.116. The number of nitrogens with one attached hydrogen (secondary N) is 2. The fourth-order valence-electron chi connectivity index (χ4n) is 4.00. The van der Waals surface area contributed by atoms with Crippen LogP contribution in [0.2, 0.25) is 0 Å². The summed E-state index contributed by atoms with van der Waals surface area (Å²) < 4.78 is 23.2. The van der Waals surface area contributed by atoms with Crippen LogP contribution < -0.4 is 10.6 Å². The van der Waals surface area contributed by atoms with Crippen LogP contribution in [0.25, 0.3) is 0 Å². The highest BCUT2D eigenvalue weighted by Crippen LogP contribution is 2.27. The monoisotopic (exact) mass is 493 g/mol. The molecule has 4 rings (SSSR count). The highest BCUT2D eigenvalue weighted by molar-refractivity contribution is 8.14. The van der Waals surface area contributed by atoms with E-state index in [0.717, 1.165) is 36.9 Å². The second kappa shape index (κ2) is 12.0. The average molecular weight is 494 g/mol. The number of halogens is 1. The Bertz CT molecular complexity index is 905. The Labute approximate surface area is 203 Å². The molecule has 186 valence electrons. The predicted molar refractivity (Wildman–Crippen MR) is 130 cm³/mol. The third kappa shape index (κ3) is 6.26. The summed E-state index contributed by atoms with van der Waals surface area (Å²) in [5.41, 5.74) is 1.78. The highest BCUT2D eigenvalue weighted by atomic mass is 32.2. The topological polar surface area (TPSA) is 95.5 Å². The molecule has 2 amide bonds. The molecule has 0 spiro atoms. The molecule has 2 saturated heterocycles. The number of aliphatic imine (C=N–C) groups is 1. The molecular weight excluding hydrogens is 461 g/mol. The van der Waals surface area contributed by atoms with Crippen molar-refractivity contribution in [2.45, 2.75) is 25.1 Å². The normalized spacial score (nSPS) is 21.2. The Morgan fingerprint density at radius 3 is 2.82 bits per heavy atom. The Balaban J connectivity index is 1.44. The van der Waals surface area contributed by atoms with Gasteiger partial charge in [-0.25, -0.2) is 4.99 Å². The van der Waals surface area contributed by atoms with E-state index in [1.807, 2.05) is 6.07 Å². The van der Waals surface area contributed by atoms with E-state index >= 15 is 0 Å². The lowest BCUT2D eigenvalue weighted by Gasteiger charge is -2.39. The van der Waals surface area contributed by atoms with E-state index in [2.05, 4.69) is 25.4 Å². The van der Waals surface area contributed by atoms with Gasteiger partial charge in [0.2, 0.25) is 5.91 Å². The third-order valence-corrected chi connectivity index (χ3v) is 7.19. The number of amidine groups is 1. The number of hydrogen-bond donors (Lipinski definition) is 2. The standard InChI is InChI=1S/C23H32FN5O4S/c1-32-17-13-29(14-17)23-27-20(15-34-23)22(31)26-19-4-3-16(12-28-7-9-33-10-8-28)11-18(19)21(30)25-6-2-5-24/h3-4,11,17,20H,2,5-10,12-15H2,1H3,(H,25,30)(H,26,31). The van der Waals surface area contributed by atoms with Gasteiger partial charge in [-0.15, -0.1) is 0 Å². The summed E-state index contributed by atoms with van der Waals surface area (Å²) in [5, 5.41) is 6.51. The van der Waals surface area contributed by atoms with Gasteiger partial charge in [-0.2, -0.15) is 0 Å². The SMILES string of the molecule is COC1CN(C2=NC(C(=O)Nc3ccc(CN4CCOCC4)cc3C(=O)NCCCF)CS2)C1. The van der Waals surface area contributed by atoms with Crippen molar-refractivity contribution in [1.29, 1.82) is 0 Å². The number of carbonyl (C=O) groups is 2. The second-order valence-corrected chi connectivity index (χ2v) is 9.54. The summed E-state index contributed by atoms with van der Waals surface area (Å²) in [6.45, 7) is 5.04. The zero-order valence-corrected chi connectivity index (χ0v) is 20.2. The van der Waals surface area contributed by atoms with Crippen molar-refractivity contribution >= 4 is 34.4 Å². The Morgan fingerprint density at radius 1 is 1.29 bits per heavy atom. The molecule has 2 N–H and O–H groups in total. The van der Waals surface area contributed by atoms with Gasteiger partial charge < -0.3 is 25.0 Å². The van der Waals surface area contributed by atoms with Crippen molar-refractivity contribution in [3.63, 3.8) is 0 Å². The van der Waals surface area contributed by atoms with E-state index in [1.165, 1.54) is 0 Å². The molecule has 3 heterocycles. The number of likely N-dealkylation sites (tertiary alicyclic amines) is 1. The Kier molecular flexibility index (Phi) is 8.76. The van der Waals surface area contributed by atoms with Gasteiger partial charge in [0.1, 0.15) is 6.04 Å². The van der Waals surface area contributed by atoms with Crippen LogP contribution in [0.3, 0.4) is 0 Å². The van der Waals surface area contributed by atoms with Crippen molar-refractivity contribution < 1.29 is 23.5 Å².